The molecule has 2 N–H and O–H groups in total. The van der Waals surface area contributed by atoms with E-state index in [1.165, 1.54) is 0 Å². The smallest absolute Gasteiger partial charge is 0.269 e. The van der Waals surface area contributed by atoms with Crippen molar-refractivity contribution in [2.45, 2.75) is 33.1 Å². The van der Waals surface area contributed by atoms with Crippen LogP contribution in [0.5, 0.6) is 0 Å². The molecule has 4 nitrogen and oxygen atoms in total. The quantitative estimate of drug-likeness (QED) is 0.610. The first kappa shape index (κ1) is 13.6. The number of hydrogen-bond acceptors (Lipinski definition) is 3. The van der Waals surface area contributed by atoms with Crippen molar-refractivity contribution in [3.05, 3.63) is 39.9 Å². The number of rotatable bonds is 6. The van der Waals surface area contributed by atoms with E-state index in [4.69, 9.17) is 5.73 Å². The van der Waals surface area contributed by atoms with Crippen LogP contribution in [-0.4, -0.2) is 11.5 Å². The average molecular weight is 236 g/mol. The summed E-state index contributed by atoms with van der Waals surface area (Å²) < 4.78 is 0. The minimum absolute atomic E-state index is 0.144. The van der Waals surface area contributed by atoms with Crippen LogP contribution >= 0.6 is 0 Å². The molecule has 0 fully saturated rings. The molecule has 1 aromatic rings. The molecule has 0 bridgehead atoms. The van der Waals surface area contributed by atoms with Gasteiger partial charge in [0.15, 0.2) is 0 Å². The molecule has 0 aromatic heterocycles. The van der Waals surface area contributed by atoms with Gasteiger partial charge in [-0.25, -0.2) is 0 Å². The summed E-state index contributed by atoms with van der Waals surface area (Å²) in [5.41, 5.74) is 7.20. The van der Waals surface area contributed by atoms with Crippen molar-refractivity contribution in [3.63, 3.8) is 0 Å². The molecule has 0 aliphatic carbocycles. The van der Waals surface area contributed by atoms with Crippen LogP contribution in [0.15, 0.2) is 24.3 Å². The van der Waals surface area contributed by atoms with Crippen molar-refractivity contribution in [1.29, 1.82) is 0 Å². The van der Waals surface area contributed by atoms with Gasteiger partial charge in [0.1, 0.15) is 0 Å². The average Bonchev–Trinajstić information content (AvgIpc) is 2.36. The lowest BCUT2D eigenvalue weighted by molar-refractivity contribution is -0.384. The molecule has 0 aliphatic rings. The van der Waals surface area contributed by atoms with Crippen molar-refractivity contribution >= 4 is 5.69 Å². The molecule has 0 radical (unpaired) electrons. The molecule has 0 spiro atoms. The maximum absolute atomic E-state index is 10.5. The van der Waals surface area contributed by atoms with Gasteiger partial charge >= 0.3 is 0 Å². The number of nitro benzene ring substituents is 1. The molecule has 17 heavy (non-hydrogen) atoms. The van der Waals surface area contributed by atoms with Crippen LogP contribution in [-0.2, 0) is 6.42 Å². The number of non-ortho nitro benzene ring substituents is 1. The summed E-state index contributed by atoms with van der Waals surface area (Å²) in [4.78, 5) is 10.1. The molecule has 1 atom stereocenters. The van der Waals surface area contributed by atoms with Crippen molar-refractivity contribution in [2.75, 3.05) is 6.54 Å². The second-order valence-corrected chi connectivity index (χ2v) is 4.79. The van der Waals surface area contributed by atoms with Crippen LogP contribution in [0.1, 0.15) is 32.3 Å². The predicted molar refractivity (Wildman–Crippen MR) is 68.9 cm³/mol. The molecule has 0 saturated carbocycles. The van der Waals surface area contributed by atoms with Gasteiger partial charge in [-0.2, -0.15) is 0 Å². The number of aryl methyl sites for hydroxylation is 1. The first-order valence-corrected chi connectivity index (χ1v) is 5.94. The maximum atomic E-state index is 10.5. The van der Waals surface area contributed by atoms with E-state index in [2.05, 4.69) is 13.8 Å². The molecular formula is C13H20N2O2. The lowest BCUT2D eigenvalue weighted by Crippen LogP contribution is -2.26. The van der Waals surface area contributed by atoms with Gasteiger partial charge in [0, 0.05) is 12.1 Å². The highest BCUT2D eigenvalue weighted by Gasteiger charge is 2.19. The zero-order chi connectivity index (χ0) is 12.9. The van der Waals surface area contributed by atoms with Crippen LogP contribution in [0.3, 0.4) is 0 Å². The topological polar surface area (TPSA) is 69.2 Å². The number of hydrogen-bond donors (Lipinski definition) is 1. The standard InChI is InChI=1S/C13H20N2O2/c1-3-13(2,10-14)9-8-11-4-6-12(7-5-11)15(16)17/h4-7H,3,8-10,14H2,1-2H3. The maximum Gasteiger partial charge on any atom is 0.269 e. The molecule has 4 heteroatoms. The highest BCUT2D eigenvalue weighted by Crippen LogP contribution is 2.26. The fourth-order valence-corrected chi connectivity index (χ4v) is 1.65. The Morgan fingerprint density at radius 1 is 1.35 bits per heavy atom. The molecule has 0 saturated heterocycles. The third kappa shape index (κ3) is 3.82. The first-order chi connectivity index (χ1) is 8.00. The summed E-state index contributed by atoms with van der Waals surface area (Å²) in [6.45, 7) is 5.00. The molecule has 1 rings (SSSR count). The van der Waals surface area contributed by atoms with E-state index >= 15 is 0 Å². The van der Waals surface area contributed by atoms with Crippen LogP contribution in [0, 0.1) is 15.5 Å². The second-order valence-electron chi connectivity index (χ2n) is 4.79. The Hall–Kier alpha value is -1.42. The highest BCUT2D eigenvalue weighted by molar-refractivity contribution is 5.32. The molecular weight excluding hydrogens is 216 g/mol. The third-order valence-corrected chi connectivity index (χ3v) is 3.51. The number of nitrogens with zero attached hydrogens (tertiary/aromatic N) is 1. The first-order valence-electron chi connectivity index (χ1n) is 5.94. The summed E-state index contributed by atoms with van der Waals surface area (Å²) in [5, 5.41) is 10.5. The number of nitro groups is 1. The normalized spacial score (nSPS) is 14.3. The van der Waals surface area contributed by atoms with Crippen molar-refractivity contribution < 1.29 is 4.92 Å². The Balaban J connectivity index is 2.61. The van der Waals surface area contributed by atoms with Crippen molar-refractivity contribution in [1.82, 2.24) is 0 Å². The van der Waals surface area contributed by atoms with E-state index in [9.17, 15) is 10.1 Å². The molecule has 0 heterocycles. The number of nitrogens with two attached hydrogens (primary N) is 1. The summed E-state index contributed by atoms with van der Waals surface area (Å²) in [6, 6.07) is 6.76. The Bertz CT molecular complexity index is 370. The Labute approximate surface area is 102 Å². The van der Waals surface area contributed by atoms with E-state index in [0.29, 0.717) is 6.54 Å². The zero-order valence-corrected chi connectivity index (χ0v) is 10.5. The summed E-state index contributed by atoms with van der Waals surface area (Å²) in [6.07, 6.45) is 2.98. The largest absolute Gasteiger partial charge is 0.330 e. The van der Waals surface area contributed by atoms with E-state index in [-0.39, 0.29) is 16.0 Å². The Kier molecular flexibility index (Phi) is 4.63. The van der Waals surface area contributed by atoms with Gasteiger partial charge in [0.05, 0.1) is 4.92 Å². The van der Waals surface area contributed by atoms with Crippen molar-refractivity contribution in [3.8, 4) is 0 Å². The summed E-state index contributed by atoms with van der Waals surface area (Å²) in [5.74, 6) is 0. The van der Waals surface area contributed by atoms with Gasteiger partial charge in [0.2, 0.25) is 0 Å². The highest BCUT2D eigenvalue weighted by atomic mass is 16.6. The minimum Gasteiger partial charge on any atom is -0.330 e. The van der Waals surface area contributed by atoms with Gasteiger partial charge in [-0.15, -0.1) is 0 Å². The zero-order valence-electron chi connectivity index (χ0n) is 10.5. The minimum atomic E-state index is -0.375. The molecule has 1 unspecified atom stereocenters. The van der Waals surface area contributed by atoms with Crippen LogP contribution in [0.4, 0.5) is 5.69 Å². The van der Waals surface area contributed by atoms with Crippen LogP contribution in [0.2, 0.25) is 0 Å². The summed E-state index contributed by atoms with van der Waals surface area (Å²) in [7, 11) is 0. The van der Waals surface area contributed by atoms with E-state index in [1.807, 2.05) is 12.1 Å². The second kappa shape index (κ2) is 5.77. The fraction of sp³-hybridized carbons (Fsp3) is 0.538. The summed E-state index contributed by atoms with van der Waals surface area (Å²) >= 11 is 0. The monoisotopic (exact) mass is 236 g/mol. The van der Waals surface area contributed by atoms with Gasteiger partial charge in [-0.3, -0.25) is 10.1 Å². The third-order valence-electron chi connectivity index (χ3n) is 3.51. The Morgan fingerprint density at radius 3 is 2.35 bits per heavy atom. The van der Waals surface area contributed by atoms with Gasteiger partial charge < -0.3 is 5.73 Å². The molecule has 1 aromatic carbocycles. The van der Waals surface area contributed by atoms with Crippen molar-refractivity contribution in [2.24, 2.45) is 11.1 Å². The predicted octanol–water partition coefficient (Wildman–Crippen LogP) is 2.90. The van der Waals surface area contributed by atoms with Gasteiger partial charge in [-0.05, 0) is 36.8 Å². The lowest BCUT2D eigenvalue weighted by atomic mass is 9.82. The SMILES string of the molecule is CCC(C)(CN)CCc1ccc([N+](=O)[O-])cc1. The van der Waals surface area contributed by atoms with E-state index in [0.717, 1.165) is 24.8 Å². The molecule has 94 valence electrons. The number of benzene rings is 1. The van der Waals surface area contributed by atoms with Crippen LogP contribution < -0.4 is 5.73 Å². The van der Waals surface area contributed by atoms with Gasteiger partial charge in [-0.1, -0.05) is 26.0 Å². The Morgan fingerprint density at radius 2 is 1.94 bits per heavy atom. The van der Waals surface area contributed by atoms with E-state index in [1.54, 1.807) is 12.1 Å². The van der Waals surface area contributed by atoms with E-state index < -0.39 is 0 Å². The molecule has 0 amide bonds. The van der Waals surface area contributed by atoms with Gasteiger partial charge in [0.25, 0.3) is 5.69 Å². The van der Waals surface area contributed by atoms with Crippen LogP contribution in [0.25, 0.3) is 0 Å². The lowest BCUT2D eigenvalue weighted by Gasteiger charge is -2.26. The fourth-order valence-electron chi connectivity index (χ4n) is 1.65. The molecule has 0 aliphatic heterocycles.